The highest BCUT2D eigenvalue weighted by Gasteiger charge is 2.30. The molecule has 24 heavy (non-hydrogen) atoms. The van der Waals surface area contributed by atoms with Gasteiger partial charge in [0.25, 0.3) is 0 Å². The Bertz CT molecular complexity index is 392. The molecule has 2 heterocycles. The molecule has 4 heteroatoms. The number of amides is 1. The Labute approximate surface area is 148 Å². The predicted molar refractivity (Wildman–Crippen MR) is 98.9 cm³/mol. The first-order chi connectivity index (χ1) is 11.6. The maximum absolute atomic E-state index is 12.7. The third-order valence-corrected chi connectivity index (χ3v) is 6.85. The first-order valence-electron chi connectivity index (χ1n) is 10.4. The predicted octanol–water partition coefficient (Wildman–Crippen LogP) is 2.74. The minimum Gasteiger partial charge on any atom is -0.340 e. The number of hydrogen-bond acceptors (Lipinski definition) is 3. The molecule has 138 valence electrons. The Morgan fingerprint density at radius 1 is 1.00 bits per heavy atom. The third-order valence-electron chi connectivity index (χ3n) is 6.85. The van der Waals surface area contributed by atoms with Crippen molar-refractivity contribution in [2.45, 2.75) is 64.8 Å². The Kier molecular flexibility index (Phi) is 6.56. The van der Waals surface area contributed by atoms with Gasteiger partial charge in [-0.2, -0.15) is 0 Å². The molecular weight excluding hydrogens is 298 g/mol. The molecular formula is C20H37N3O. The van der Waals surface area contributed by atoms with Gasteiger partial charge in [0.05, 0.1) is 0 Å². The van der Waals surface area contributed by atoms with Gasteiger partial charge in [0.2, 0.25) is 5.91 Å². The lowest BCUT2D eigenvalue weighted by Gasteiger charge is -2.42. The zero-order valence-corrected chi connectivity index (χ0v) is 15.8. The summed E-state index contributed by atoms with van der Waals surface area (Å²) in [5.41, 5.74) is 0. The number of piperidine rings is 1. The lowest BCUT2D eigenvalue weighted by Crippen LogP contribution is -2.52. The van der Waals surface area contributed by atoms with E-state index in [9.17, 15) is 4.79 Å². The number of carbonyl (C=O) groups excluding carboxylic acids is 1. The van der Waals surface area contributed by atoms with Crippen molar-refractivity contribution in [3.63, 3.8) is 0 Å². The van der Waals surface area contributed by atoms with E-state index >= 15 is 0 Å². The molecule has 2 saturated heterocycles. The summed E-state index contributed by atoms with van der Waals surface area (Å²) in [6.45, 7) is 11.0. The molecule has 4 nitrogen and oxygen atoms in total. The van der Waals surface area contributed by atoms with Gasteiger partial charge in [-0.3, -0.25) is 9.69 Å². The van der Waals surface area contributed by atoms with E-state index in [0.717, 1.165) is 63.6 Å². The van der Waals surface area contributed by atoms with Gasteiger partial charge < -0.3 is 10.2 Å². The molecule has 0 spiro atoms. The quantitative estimate of drug-likeness (QED) is 0.858. The monoisotopic (exact) mass is 335 g/mol. The molecule has 3 fully saturated rings. The Morgan fingerprint density at radius 3 is 2.25 bits per heavy atom. The summed E-state index contributed by atoms with van der Waals surface area (Å²) in [6, 6.07) is 0.784. The molecule has 3 aliphatic rings. The molecule has 0 aromatic carbocycles. The summed E-state index contributed by atoms with van der Waals surface area (Å²) < 4.78 is 0. The molecule has 1 atom stereocenters. The van der Waals surface area contributed by atoms with Crippen molar-refractivity contribution >= 4 is 5.91 Å². The van der Waals surface area contributed by atoms with Crippen LogP contribution in [0.2, 0.25) is 0 Å². The van der Waals surface area contributed by atoms with Crippen LogP contribution in [0.25, 0.3) is 0 Å². The molecule has 0 aromatic heterocycles. The lowest BCUT2D eigenvalue weighted by molar-refractivity contribution is -0.134. The average molecular weight is 336 g/mol. The van der Waals surface area contributed by atoms with Crippen LogP contribution in [0.1, 0.15) is 58.8 Å². The van der Waals surface area contributed by atoms with Crippen LogP contribution < -0.4 is 5.32 Å². The molecule has 2 aliphatic heterocycles. The summed E-state index contributed by atoms with van der Waals surface area (Å²) in [7, 11) is 0. The van der Waals surface area contributed by atoms with Crippen LogP contribution in [0.3, 0.4) is 0 Å². The minimum absolute atomic E-state index is 0.401. The number of hydrogen-bond donors (Lipinski definition) is 1. The van der Waals surface area contributed by atoms with Crippen LogP contribution in [-0.4, -0.2) is 61.0 Å². The topological polar surface area (TPSA) is 35.6 Å². The highest BCUT2D eigenvalue weighted by atomic mass is 16.2. The first kappa shape index (κ1) is 18.2. The molecule has 1 saturated carbocycles. The average Bonchev–Trinajstić information content (AvgIpc) is 2.63. The standard InChI is InChI=1S/C20H37N3O/c1-16-3-5-19(6-4-16)22-11-13-23(14-12-22)20(24)15-17(2)18-7-9-21-10-8-18/h16-19,21H,3-15H2,1-2H3. The molecule has 1 unspecified atom stereocenters. The highest BCUT2D eigenvalue weighted by molar-refractivity contribution is 5.76. The maximum atomic E-state index is 12.7. The van der Waals surface area contributed by atoms with Gasteiger partial charge in [0, 0.05) is 38.6 Å². The summed E-state index contributed by atoms with van der Waals surface area (Å²) in [5, 5.41) is 3.42. The van der Waals surface area contributed by atoms with Gasteiger partial charge >= 0.3 is 0 Å². The number of nitrogens with one attached hydrogen (secondary N) is 1. The van der Waals surface area contributed by atoms with Crippen molar-refractivity contribution in [3.05, 3.63) is 0 Å². The fourth-order valence-electron chi connectivity index (χ4n) is 4.93. The number of carbonyl (C=O) groups is 1. The summed E-state index contributed by atoms with van der Waals surface area (Å²) >= 11 is 0. The smallest absolute Gasteiger partial charge is 0.222 e. The number of nitrogens with zero attached hydrogens (tertiary/aromatic N) is 2. The molecule has 1 N–H and O–H groups in total. The fourth-order valence-corrected chi connectivity index (χ4v) is 4.93. The third kappa shape index (κ3) is 4.72. The number of rotatable bonds is 4. The number of piperazine rings is 1. The largest absolute Gasteiger partial charge is 0.340 e. The summed E-state index contributed by atoms with van der Waals surface area (Å²) in [4.78, 5) is 17.5. The lowest BCUT2D eigenvalue weighted by atomic mass is 9.84. The van der Waals surface area contributed by atoms with Crippen molar-refractivity contribution in [2.75, 3.05) is 39.3 Å². The Morgan fingerprint density at radius 2 is 1.62 bits per heavy atom. The van der Waals surface area contributed by atoms with Crippen molar-refractivity contribution in [1.82, 2.24) is 15.1 Å². The second kappa shape index (κ2) is 8.66. The van der Waals surface area contributed by atoms with Crippen LogP contribution >= 0.6 is 0 Å². The van der Waals surface area contributed by atoms with Gasteiger partial charge in [-0.1, -0.05) is 13.8 Å². The van der Waals surface area contributed by atoms with Crippen molar-refractivity contribution in [3.8, 4) is 0 Å². The van der Waals surface area contributed by atoms with Crippen molar-refractivity contribution in [1.29, 1.82) is 0 Å². The van der Waals surface area contributed by atoms with E-state index in [0.29, 0.717) is 11.8 Å². The molecule has 1 aliphatic carbocycles. The van der Waals surface area contributed by atoms with E-state index in [2.05, 4.69) is 29.0 Å². The van der Waals surface area contributed by atoms with Crippen LogP contribution in [-0.2, 0) is 4.79 Å². The SMILES string of the molecule is CC1CCC(N2CCN(C(=O)CC(C)C3CCNCC3)CC2)CC1. The molecule has 0 bridgehead atoms. The first-order valence-corrected chi connectivity index (χ1v) is 10.4. The Hall–Kier alpha value is -0.610. The van der Waals surface area contributed by atoms with E-state index < -0.39 is 0 Å². The van der Waals surface area contributed by atoms with Crippen molar-refractivity contribution < 1.29 is 4.79 Å². The second-order valence-electron chi connectivity index (χ2n) is 8.60. The van der Waals surface area contributed by atoms with Crippen LogP contribution in [0.4, 0.5) is 0 Å². The van der Waals surface area contributed by atoms with E-state index in [1.165, 1.54) is 38.5 Å². The van der Waals surface area contributed by atoms with Gasteiger partial charge in [-0.15, -0.1) is 0 Å². The normalized spacial score (nSPS) is 31.8. The second-order valence-corrected chi connectivity index (χ2v) is 8.60. The molecule has 3 rings (SSSR count). The maximum Gasteiger partial charge on any atom is 0.222 e. The van der Waals surface area contributed by atoms with Crippen molar-refractivity contribution in [2.24, 2.45) is 17.8 Å². The molecule has 0 aromatic rings. The molecule has 0 radical (unpaired) electrons. The van der Waals surface area contributed by atoms with Gasteiger partial charge in [0.1, 0.15) is 0 Å². The van der Waals surface area contributed by atoms with Gasteiger partial charge in [0.15, 0.2) is 0 Å². The highest BCUT2D eigenvalue weighted by Crippen LogP contribution is 2.28. The minimum atomic E-state index is 0.401. The van der Waals surface area contributed by atoms with Gasteiger partial charge in [-0.05, 0) is 69.4 Å². The van der Waals surface area contributed by atoms with Crippen LogP contribution in [0, 0.1) is 17.8 Å². The van der Waals surface area contributed by atoms with Crippen LogP contribution in [0.5, 0.6) is 0 Å². The Balaban J connectivity index is 1.40. The molecule has 1 amide bonds. The zero-order chi connectivity index (χ0) is 16.9. The van der Waals surface area contributed by atoms with E-state index in [-0.39, 0.29) is 0 Å². The fraction of sp³-hybridized carbons (Fsp3) is 0.950. The zero-order valence-electron chi connectivity index (χ0n) is 15.8. The summed E-state index contributed by atoms with van der Waals surface area (Å²) in [5.74, 6) is 2.59. The van der Waals surface area contributed by atoms with Gasteiger partial charge in [-0.25, -0.2) is 0 Å². The van der Waals surface area contributed by atoms with E-state index in [4.69, 9.17) is 0 Å². The van der Waals surface area contributed by atoms with E-state index in [1.807, 2.05) is 0 Å². The van der Waals surface area contributed by atoms with Crippen LogP contribution in [0.15, 0.2) is 0 Å². The summed E-state index contributed by atoms with van der Waals surface area (Å²) in [6.07, 6.45) is 8.73. The van der Waals surface area contributed by atoms with E-state index in [1.54, 1.807) is 0 Å².